The largest absolute Gasteiger partial charge is 0.452 e. The van der Waals surface area contributed by atoms with Crippen molar-refractivity contribution in [3.8, 4) is 0 Å². The Morgan fingerprint density at radius 3 is 2.54 bits per heavy atom. The lowest BCUT2D eigenvalue weighted by Crippen LogP contribution is -2.40. The Balaban J connectivity index is 1.84. The number of anilines is 1. The third-order valence-electron chi connectivity index (χ3n) is 3.79. The minimum atomic E-state index is -1.06. The average molecular weight is 382 g/mol. The molecule has 1 unspecified atom stereocenters. The van der Waals surface area contributed by atoms with Crippen molar-refractivity contribution in [1.82, 2.24) is 10.2 Å². The summed E-state index contributed by atoms with van der Waals surface area (Å²) in [6, 6.07) is 6.11. The SMILES string of the molecule is CC(OC(=O)CCN1C(=O)NC(C)(C)C1=O)C(=O)Nc1ccccc1Cl. The highest BCUT2D eigenvalue weighted by molar-refractivity contribution is 6.33. The molecule has 8 nitrogen and oxygen atoms in total. The second-order valence-electron chi connectivity index (χ2n) is 6.36. The molecule has 0 spiro atoms. The Morgan fingerprint density at radius 1 is 1.31 bits per heavy atom. The van der Waals surface area contributed by atoms with E-state index in [-0.39, 0.29) is 13.0 Å². The van der Waals surface area contributed by atoms with Crippen LogP contribution in [-0.4, -0.2) is 46.9 Å². The Hall–Kier alpha value is -2.61. The molecule has 1 saturated heterocycles. The number of ether oxygens (including phenoxy) is 1. The number of imide groups is 1. The molecule has 0 saturated carbocycles. The second-order valence-corrected chi connectivity index (χ2v) is 6.77. The molecule has 0 aromatic heterocycles. The number of nitrogens with zero attached hydrogens (tertiary/aromatic N) is 1. The van der Waals surface area contributed by atoms with Gasteiger partial charge in [0.25, 0.3) is 11.8 Å². The average Bonchev–Trinajstić information content (AvgIpc) is 2.75. The van der Waals surface area contributed by atoms with Gasteiger partial charge >= 0.3 is 12.0 Å². The van der Waals surface area contributed by atoms with E-state index >= 15 is 0 Å². The lowest BCUT2D eigenvalue weighted by atomic mass is 10.1. The van der Waals surface area contributed by atoms with Crippen molar-refractivity contribution >= 4 is 41.1 Å². The van der Waals surface area contributed by atoms with Crippen molar-refractivity contribution in [2.75, 3.05) is 11.9 Å². The fourth-order valence-corrected chi connectivity index (χ4v) is 2.51. The van der Waals surface area contributed by atoms with Crippen LogP contribution in [0.25, 0.3) is 0 Å². The van der Waals surface area contributed by atoms with Crippen LogP contribution >= 0.6 is 11.6 Å². The van der Waals surface area contributed by atoms with Crippen LogP contribution in [0.4, 0.5) is 10.5 Å². The molecule has 1 aromatic rings. The molecule has 1 aliphatic rings. The minimum absolute atomic E-state index is 0.119. The molecule has 0 bridgehead atoms. The van der Waals surface area contributed by atoms with Gasteiger partial charge in [-0.25, -0.2) is 4.79 Å². The zero-order valence-corrected chi connectivity index (χ0v) is 15.4. The van der Waals surface area contributed by atoms with Gasteiger partial charge in [0.15, 0.2) is 6.10 Å². The van der Waals surface area contributed by atoms with E-state index in [1.165, 1.54) is 6.92 Å². The van der Waals surface area contributed by atoms with Crippen LogP contribution in [0, 0.1) is 0 Å². The second kappa shape index (κ2) is 7.74. The summed E-state index contributed by atoms with van der Waals surface area (Å²) in [5.41, 5.74) is -0.591. The van der Waals surface area contributed by atoms with E-state index in [0.29, 0.717) is 10.7 Å². The van der Waals surface area contributed by atoms with E-state index in [0.717, 1.165) is 4.90 Å². The fourth-order valence-electron chi connectivity index (χ4n) is 2.33. The van der Waals surface area contributed by atoms with Gasteiger partial charge < -0.3 is 15.4 Å². The van der Waals surface area contributed by atoms with Gasteiger partial charge in [0.2, 0.25) is 0 Å². The van der Waals surface area contributed by atoms with Crippen LogP contribution < -0.4 is 10.6 Å². The van der Waals surface area contributed by atoms with E-state index in [4.69, 9.17) is 16.3 Å². The van der Waals surface area contributed by atoms with Crippen molar-refractivity contribution < 1.29 is 23.9 Å². The Bertz CT molecular complexity index is 750. The summed E-state index contributed by atoms with van der Waals surface area (Å²) in [7, 11) is 0. The summed E-state index contributed by atoms with van der Waals surface area (Å²) in [6.07, 6.45) is -1.27. The van der Waals surface area contributed by atoms with Gasteiger partial charge in [-0.05, 0) is 32.9 Å². The molecular weight excluding hydrogens is 362 g/mol. The van der Waals surface area contributed by atoms with Gasteiger partial charge in [-0.15, -0.1) is 0 Å². The number of para-hydroxylation sites is 1. The maximum atomic E-state index is 12.1. The molecule has 1 atom stereocenters. The number of amides is 4. The molecule has 9 heteroatoms. The zero-order chi connectivity index (χ0) is 19.5. The molecule has 2 N–H and O–H groups in total. The molecule has 1 aromatic carbocycles. The lowest BCUT2D eigenvalue weighted by Gasteiger charge is -2.17. The Kier molecular flexibility index (Phi) is 5.86. The van der Waals surface area contributed by atoms with E-state index in [1.807, 2.05) is 0 Å². The molecule has 0 radical (unpaired) electrons. The summed E-state index contributed by atoms with van der Waals surface area (Å²) < 4.78 is 5.04. The maximum absolute atomic E-state index is 12.1. The molecule has 1 aliphatic heterocycles. The number of benzene rings is 1. The van der Waals surface area contributed by atoms with Crippen LogP contribution in [-0.2, 0) is 19.1 Å². The van der Waals surface area contributed by atoms with E-state index in [1.54, 1.807) is 38.1 Å². The molecule has 140 valence electrons. The zero-order valence-electron chi connectivity index (χ0n) is 14.7. The summed E-state index contributed by atoms with van der Waals surface area (Å²) in [6.45, 7) is 4.45. The highest BCUT2D eigenvalue weighted by Gasteiger charge is 2.44. The van der Waals surface area contributed by atoms with Crippen LogP contribution in [0.2, 0.25) is 5.02 Å². The third-order valence-corrected chi connectivity index (χ3v) is 4.12. The molecule has 4 amide bonds. The number of esters is 1. The first kappa shape index (κ1) is 19.7. The maximum Gasteiger partial charge on any atom is 0.325 e. The standard InChI is InChI=1S/C17H20ClN3O5/c1-10(14(23)19-12-7-5-4-6-11(12)18)26-13(22)8-9-21-15(24)17(2,3)20-16(21)25/h4-7,10H,8-9H2,1-3H3,(H,19,23)(H,20,25). The van der Waals surface area contributed by atoms with Crippen LogP contribution in [0.5, 0.6) is 0 Å². The van der Waals surface area contributed by atoms with Crippen LogP contribution in [0.1, 0.15) is 27.2 Å². The molecule has 2 rings (SSSR count). The normalized spacial score (nSPS) is 16.8. The summed E-state index contributed by atoms with van der Waals surface area (Å²) in [5, 5.41) is 5.44. The number of nitrogens with one attached hydrogen (secondary N) is 2. The van der Waals surface area contributed by atoms with Gasteiger partial charge in [-0.2, -0.15) is 0 Å². The quantitative estimate of drug-likeness (QED) is 0.578. The fraction of sp³-hybridized carbons (Fsp3) is 0.412. The summed E-state index contributed by atoms with van der Waals surface area (Å²) in [4.78, 5) is 48.7. The van der Waals surface area contributed by atoms with Gasteiger partial charge in [0.05, 0.1) is 17.1 Å². The molecule has 1 fully saturated rings. The number of carbonyl (C=O) groups excluding carboxylic acids is 4. The van der Waals surface area contributed by atoms with Gasteiger partial charge in [0.1, 0.15) is 5.54 Å². The van der Waals surface area contributed by atoms with Crippen molar-refractivity contribution in [2.24, 2.45) is 0 Å². The molecular formula is C17H20ClN3O5. The topological polar surface area (TPSA) is 105 Å². The van der Waals surface area contributed by atoms with Gasteiger partial charge in [0, 0.05) is 6.54 Å². The van der Waals surface area contributed by atoms with Crippen molar-refractivity contribution in [3.63, 3.8) is 0 Å². The first-order chi connectivity index (χ1) is 12.1. The number of hydrogen-bond acceptors (Lipinski definition) is 5. The predicted octanol–water partition coefficient (Wildman–Crippen LogP) is 1.93. The van der Waals surface area contributed by atoms with E-state index in [9.17, 15) is 19.2 Å². The highest BCUT2D eigenvalue weighted by Crippen LogP contribution is 2.21. The van der Waals surface area contributed by atoms with Crippen molar-refractivity contribution in [1.29, 1.82) is 0 Å². The Labute approximate surface area is 155 Å². The Morgan fingerprint density at radius 2 is 1.96 bits per heavy atom. The number of urea groups is 1. The number of carbonyl (C=O) groups is 4. The van der Waals surface area contributed by atoms with Gasteiger partial charge in [-0.1, -0.05) is 23.7 Å². The summed E-state index contributed by atoms with van der Waals surface area (Å²) >= 11 is 5.95. The number of halogens is 1. The monoisotopic (exact) mass is 381 g/mol. The van der Waals surface area contributed by atoms with Crippen LogP contribution in [0.15, 0.2) is 24.3 Å². The molecule has 26 heavy (non-hydrogen) atoms. The highest BCUT2D eigenvalue weighted by atomic mass is 35.5. The lowest BCUT2D eigenvalue weighted by molar-refractivity contribution is -0.153. The van der Waals surface area contributed by atoms with E-state index in [2.05, 4.69) is 10.6 Å². The van der Waals surface area contributed by atoms with Crippen molar-refractivity contribution in [3.05, 3.63) is 29.3 Å². The third kappa shape index (κ3) is 4.51. The minimum Gasteiger partial charge on any atom is -0.452 e. The van der Waals surface area contributed by atoms with E-state index < -0.39 is 35.5 Å². The first-order valence-electron chi connectivity index (χ1n) is 8.01. The number of rotatable bonds is 6. The smallest absolute Gasteiger partial charge is 0.325 e. The number of hydrogen-bond donors (Lipinski definition) is 2. The van der Waals surface area contributed by atoms with Crippen LogP contribution in [0.3, 0.4) is 0 Å². The first-order valence-corrected chi connectivity index (χ1v) is 8.38. The van der Waals surface area contributed by atoms with Crippen molar-refractivity contribution in [2.45, 2.75) is 38.8 Å². The predicted molar refractivity (Wildman–Crippen MR) is 94.6 cm³/mol. The molecule has 1 heterocycles. The van der Waals surface area contributed by atoms with Gasteiger partial charge in [-0.3, -0.25) is 19.3 Å². The summed E-state index contributed by atoms with van der Waals surface area (Å²) in [5.74, 6) is -1.65. The molecule has 0 aliphatic carbocycles.